The van der Waals surface area contributed by atoms with Gasteiger partial charge in [0.2, 0.25) is 5.91 Å². The van der Waals surface area contributed by atoms with Crippen LogP contribution in [0.4, 0.5) is 0 Å². The van der Waals surface area contributed by atoms with Crippen molar-refractivity contribution in [1.29, 1.82) is 0 Å². The first kappa shape index (κ1) is 14.9. The molecular weight excluding hydrogens is 284 g/mol. The third kappa shape index (κ3) is 3.00. The third-order valence-electron chi connectivity index (χ3n) is 3.45. The van der Waals surface area contributed by atoms with Gasteiger partial charge in [0.15, 0.2) is 0 Å². The van der Waals surface area contributed by atoms with Gasteiger partial charge in [-0.15, -0.1) is 0 Å². The molecule has 8 nitrogen and oxygen atoms in total. The minimum Gasteiger partial charge on any atom is -0.361 e. The summed E-state index contributed by atoms with van der Waals surface area (Å²) in [4.78, 5) is 12.1. The summed E-state index contributed by atoms with van der Waals surface area (Å²) in [7, 11) is -3.84. The Balaban J connectivity index is 2.02. The second-order valence-corrected chi connectivity index (χ2v) is 6.33. The zero-order valence-electron chi connectivity index (χ0n) is 11.4. The van der Waals surface area contributed by atoms with Gasteiger partial charge < -0.3 is 9.84 Å². The average Bonchev–Trinajstić information content (AvgIpc) is 2.94. The number of aryl methyl sites for hydroxylation is 2. The minimum atomic E-state index is -3.84. The fourth-order valence-electron chi connectivity index (χ4n) is 2.35. The van der Waals surface area contributed by atoms with Crippen LogP contribution in [0.5, 0.6) is 0 Å². The van der Waals surface area contributed by atoms with Gasteiger partial charge in [0.25, 0.3) is 10.2 Å². The molecule has 1 fully saturated rings. The summed E-state index contributed by atoms with van der Waals surface area (Å²) in [5.74, 6) is 0.286. The maximum Gasteiger partial charge on any atom is 0.277 e. The van der Waals surface area contributed by atoms with Crippen molar-refractivity contribution in [2.75, 3.05) is 6.54 Å². The molecule has 2 rings (SSSR count). The molecule has 1 atom stereocenters. The topological polar surface area (TPSA) is 119 Å². The second kappa shape index (κ2) is 5.51. The summed E-state index contributed by atoms with van der Waals surface area (Å²) in [5.41, 5.74) is 1.51. The Morgan fingerprint density at radius 1 is 1.55 bits per heavy atom. The molecule has 1 amide bonds. The number of aromatic nitrogens is 1. The summed E-state index contributed by atoms with van der Waals surface area (Å²) < 4.78 is 28.8. The van der Waals surface area contributed by atoms with Gasteiger partial charge in [-0.05, 0) is 26.7 Å². The zero-order valence-corrected chi connectivity index (χ0v) is 12.2. The Hall–Kier alpha value is -1.45. The molecule has 1 aliphatic rings. The van der Waals surface area contributed by atoms with Crippen LogP contribution in [0.15, 0.2) is 4.52 Å². The lowest BCUT2D eigenvalue weighted by Crippen LogP contribution is -2.48. The van der Waals surface area contributed by atoms with Gasteiger partial charge in [0.1, 0.15) is 11.8 Å². The molecule has 0 aromatic carbocycles. The number of nitrogens with zero attached hydrogens (tertiary/aromatic N) is 2. The molecule has 0 aliphatic carbocycles. The molecule has 0 bridgehead atoms. The lowest BCUT2D eigenvalue weighted by Gasteiger charge is -2.20. The van der Waals surface area contributed by atoms with Crippen molar-refractivity contribution in [2.24, 2.45) is 5.14 Å². The highest BCUT2D eigenvalue weighted by atomic mass is 32.2. The smallest absolute Gasteiger partial charge is 0.277 e. The monoisotopic (exact) mass is 302 g/mol. The Labute approximate surface area is 117 Å². The predicted octanol–water partition coefficient (Wildman–Crippen LogP) is -0.424. The quantitative estimate of drug-likeness (QED) is 0.782. The molecule has 112 valence electrons. The minimum absolute atomic E-state index is 0.259. The van der Waals surface area contributed by atoms with Crippen LogP contribution in [0, 0.1) is 13.8 Å². The highest BCUT2D eigenvalue weighted by Crippen LogP contribution is 2.20. The molecule has 0 saturated carbocycles. The van der Waals surface area contributed by atoms with Crippen molar-refractivity contribution in [3.8, 4) is 0 Å². The summed E-state index contributed by atoms with van der Waals surface area (Å²) in [6, 6.07) is -0.731. The number of hydrogen-bond donors (Lipinski definition) is 2. The second-order valence-electron chi connectivity index (χ2n) is 4.83. The summed E-state index contributed by atoms with van der Waals surface area (Å²) >= 11 is 0. The van der Waals surface area contributed by atoms with Crippen LogP contribution >= 0.6 is 0 Å². The van der Waals surface area contributed by atoms with Gasteiger partial charge in [0, 0.05) is 18.7 Å². The van der Waals surface area contributed by atoms with E-state index >= 15 is 0 Å². The third-order valence-corrected chi connectivity index (χ3v) is 4.54. The molecule has 9 heteroatoms. The first-order chi connectivity index (χ1) is 9.30. The fourth-order valence-corrected chi connectivity index (χ4v) is 3.29. The molecule has 0 radical (unpaired) electrons. The van der Waals surface area contributed by atoms with Crippen LogP contribution in [0.3, 0.4) is 0 Å². The number of hydrogen-bond acceptors (Lipinski definition) is 5. The number of carbonyl (C=O) groups is 1. The highest BCUT2D eigenvalue weighted by Gasteiger charge is 2.36. The average molecular weight is 302 g/mol. The molecule has 3 N–H and O–H groups in total. The maximum atomic E-state index is 12.1. The normalized spacial score (nSPS) is 20.2. The number of nitrogens with one attached hydrogen (secondary N) is 1. The van der Waals surface area contributed by atoms with Crippen molar-refractivity contribution < 1.29 is 17.7 Å². The van der Waals surface area contributed by atoms with Crippen LogP contribution in [0.25, 0.3) is 0 Å². The lowest BCUT2D eigenvalue weighted by molar-refractivity contribution is -0.124. The molecule has 1 unspecified atom stereocenters. The molecule has 2 heterocycles. The fraction of sp³-hybridized carbons (Fsp3) is 0.636. The Bertz CT molecular complexity index is 590. The SMILES string of the molecule is Cc1noc(C)c1CNC(=O)C1CCCN1S(N)(=O)=O. The lowest BCUT2D eigenvalue weighted by atomic mass is 10.2. The Kier molecular flexibility index (Phi) is 4.11. The van der Waals surface area contributed by atoms with Gasteiger partial charge in [0.05, 0.1) is 5.69 Å². The van der Waals surface area contributed by atoms with E-state index in [-0.39, 0.29) is 19.0 Å². The van der Waals surface area contributed by atoms with E-state index in [1.54, 1.807) is 13.8 Å². The molecule has 1 saturated heterocycles. The first-order valence-corrected chi connectivity index (χ1v) is 7.80. The zero-order chi connectivity index (χ0) is 14.9. The van der Waals surface area contributed by atoms with E-state index in [0.29, 0.717) is 24.3 Å². The van der Waals surface area contributed by atoms with Gasteiger partial charge in [-0.3, -0.25) is 4.79 Å². The van der Waals surface area contributed by atoms with E-state index < -0.39 is 16.3 Å². The number of amides is 1. The van der Waals surface area contributed by atoms with Gasteiger partial charge in [-0.1, -0.05) is 5.16 Å². The van der Waals surface area contributed by atoms with E-state index in [9.17, 15) is 13.2 Å². The molecule has 1 aromatic heterocycles. The molecule has 1 aromatic rings. The van der Waals surface area contributed by atoms with Crippen molar-refractivity contribution >= 4 is 16.1 Å². The standard InChI is InChI=1S/C11H18N4O4S/c1-7-9(8(2)19-14-7)6-13-11(16)10-4-3-5-15(10)20(12,17)18/h10H,3-6H2,1-2H3,(H,13,16)(H2,12,17,18). The van der Waals surface area contributed by atoms with Gasteiger partial charge in [-0.2, -0.15) is 12.7 Å². The first-order valence-electron chi connectivity index (χ1n) is 6.29. The van der Waals surface area contributed by atoms with Crippen LogP contribution in [-0.2, 0) is 21.5 Å². The summed E-state index contributed by atoms with van der Waals surface area (Å²) in [5, 5.41) is 11.6. The summed E-state index contributed by atoms with van der Waals surface area (Å²) in [6.07, 6.45) is 1.10. The molecule has 1 aliphatic heterocycles. The molecular formula is C11H18N4O4S. The van der Waals surface area contributed by atoms with Crippen molar-refractivity contribution in [3.05, 3.63) is 17.0 Å². The number of carbonyl (C=O) groups excluding carboxylic acids is 1. The Morgan fingerprint density at radius 3 is 2.80 bits per heavy atom. The Morgan fingerprint density at radius 2 is 2.25 bits per heavy atom. The molecule has 0 spiro atoms. The maximum absolute atomic E-state index is 12.1. The summed E-state index contributed by atoms with van der Waals surface area (Å²) in [6.45, 7) is 4.08. The number of rotatable bonds is 4. The van der Waals surface area contributed by atoms with E-state index in [1.165, 1.54) is 0 Å². The number of nitrogens with two attached hydrogens (primary N) is 1. The van der Waals surface area contributed by atoms with Crippen molar-refractivity contribution in [3.63, 3.8) is 0 Å². The van der Waals surface area contributed by atoms with Crippen LogP contribution < -0.4 is 10.5 Å². The van der Waals surface area contributed by atoms with Crippen LogP contribution in [0.1, 0.15) is 29.9 Å². The highest BCUT2D eigenvalue weighted by molar-refractivity contribution is 7.86. The van der Waals surface area contributed by atoms with Crippen LogP contribution in [0.2, 0.25) is 0 Å². The molecule has 20 heavy (non-hydrogen) atoms. The van der Waals surface area contributed by atoms with Crippen molar-refractivity contribution in [2.45, 2.75) is 39.3 Å². The van der Waals surface area contributed by atoms with E-state index in [0.717, 1.165) is 9.87 Å². The van der Waals surface area contributed by atoms with Crippen LogP contribution in [-0.4, -0.2) is 36.4 Å². The van der Waals surface area contributed by atoms with E-state index in [1.807, 2.05) is 0 Å². The predicted molar refractivity (Wildman–Crippen MR) is 70.7 cm³/mol. The van der Waals surface area contributed by atoms with E-state index in [2.05, 4.69) is 10.5 Å². The van der Waals surface area contributed by atoms with Gasteiger partial charge in [-0.25, -0.2) is 5.14 Å². The largest absolute Gasteiger partial charge is 0.361 e. The van der Waals surface area contributed by atoms with Crippen molar-refractivity contribution in [1.82, 2.24) is 14.8 Å². The van der Waals surface area contributed by atoms with E-state index in [4.69, 9.17) is 9.66 Å². The van der Waals surface area contributed by atoms with Gasteiger partial charge >= 0.3 is 0 Å².